The number of hydrogen-bond donors (Lipinski definition) is 4. The SMILES string of the molecule is CC(=O)N[C@@H](CO)C(=O)N[C@H](Cc1cn(C=O)c2ccccc12)C(=O)N[C@@H](Cc1ccccc1)C(=O)N(C)Cc1ccccc1. The molecule has 3 aromatic carbocycles. The number of para-hydroxylation sites is 1. The van der Waals surface area contributed by atoms with Gasteiger partial charge in [-0.3, -0.25) is 28.5 Å². The summed E-state index contributed by atoms with van der Waals surface area (Å²) in [7, 11) is 1.66. The molecule has 0 saturated heterocycles. The number of aromatic nitrogens is 1. The highest BCUT2D eigenvalue weighted by molar-refractivity contribution is 5.95. The highest BCUT2D eigenvalue weighted by Crippen LogP contribution is 2.22. The van der Waals surface area contributed by atoms with Gasteiger partial charge in [0.1, 0.15) is 18.1 Å². The average Bonchev–Trinajstić information content (AvgIpc) is 3.40. The molecule has 11 heteroatoms. The molecule has 0 aliphatic rings. The first-order chi connectivity index (χ1) is 21.7. The van der Waals surface area contributed by atoms with Crippen molar-refractivity contribution in [3.05, 3.63) is 108 Å². The normalized spacial score (nSPS) is 12.9. The molecular weight excluding hydrogens is 574 g/mol. The summed E-state index contributed by atoms with van der Waals surface area (Å²) < 4.78 is 1.38. The summed E-state index contributed by atoms with van der Waals surface area (Å²) in [5.41, 5.74) is 2.97. The van der Waals surface area contributed by atoms with Crippen LogP contribution in [0.2, 0.25) is 0 Å². The van der Waals surface area contributed by atoms with Gasteiger partial charge in [0, 0.05) is 44.9 Å². The molecule has 0 saturated carbocycles. The number of amides is 4. The fraction of sp³-hybridized carbons (Fsp3) is 0.265. The third-order valence-electron chi connectivity index (χ3n) is 7.41. The first kappa shape index (κ1) is 32.6. The summed E-state index contributed by atoms with van der Waals surface area (Å²) in [6, 6.07) is 22.4. The van der Waals surface area contributed by atoms with Gasteiger partial charge in [-0.15, -0.1) is 0 Å². The lowest BCUT2D eigenvalue weighted by Gasteiger charge is -2.27. The van der Waals surface area contributed by atoms with E-state index in [0.717, 1.165) is 11.1 Å². The first-order valence-electron chi connectivity index (χ1n) is 14.6. The van der Waals surface area contributed by atoms with E-state index >= 15 is 0 Å². The maximum atomic E-state index is 14.0. The lowest BCUT2D eigenvalue weighted by atomic mass is 10.0. The van der Waals surface area contributed by atoms with Crippen molar-refractivity contribution < 1.29 is 29.1 Å². The summed E-state index contributed by atoms with van der Waals surface area (Å²) >= 11 is 0. The van der Waals surface area contributed by atoms with Crippen LogP contribution in [0.5, 0.6) is 0 Å². The lowest BCUT2D eigenvalue weighted by Crippen LogP contribution is -2.58. The second-order valence-electron chi connectivity index (χ2n) is 10.8. The van der Waals surface area contributed by atoms with E-state index < -0.39 is 42.5 Å². The van der Waals surface area contributed by atoms with Crippen molar-refractivity contribution in [3.8, 4) is 0 Å². The Balaban J connectivity index is 1.64. The fourth-order valence-corrected chi connectivity index (χ4v) is 5.19. The molecule has 4 aromatic rings. The van der Waals surface area contributed by atoms with E-state index in [1.807, 2.05) is 60.7 Å². The molecule has 45 heavy (non-hydrogen) atoms. The van der Waals surface area contributed by atoms with Crippen molar-refractivity contribution >= 4 is 40.9 Å². The summed E-state index contributed by atoms with van der Waals surface area (Å²) in [5, 5.41) is 18.3. The number of carbonyl (C=O) groups is 5. The smallest absolute Gasteiger partial charge is 0.245 e. The van der Waals surface area contributed by atoms with Gasteiger partial charge in [-0.05, 0) is 22.8 Å². The minimum Gasteiger partial charge on any atom is -0.394 e. The van der Waals surface area contributed by atoms with Gasteiger partial charge in [-0.25, -0.2) is 0 Å². The molecule has 0 bridgehead atoms. The Morgan fingerprint density at radius 2 is 1.36 bits per heavy atom. The van der Waals surface area contributed by atoms with E-state index in [1.54, 1.807) is 37.5 Å². The van der Waals surface area contributed by atoms with Crippen molar-refractivity contribution in [2.75, 3.05) is 13.7 Å². The Kier molecular flexibility index (Phi) is 11.2. The van der Waals surface area contributed by atoms with Crippen molar-refractivity contribution in [2.24, 2.45) is 0 Å². The maximum absolute atomic E-state index is 14.0. The number of aliphatic hydroxyl groups is 1. The molecule has 0 radical (unpaired) electrons. The molecule has 0 aliphatic heterocycles. The summed E-state index contributed by atoms with van der Waals surface area (Å²) in [5.74, 6) is -2.29. The zero-order chi connectivity index (χ0) is 32.3. The summed E-state index contributed by atoms with van der Waals surface area (Å²) in [4.78, 5) is 65.9. The van der Waals surface area contributed by atoms with E-state index in [-0.39, 0.29) is 18.7 Å². The Morgan fingerprint density at radius 3 is 1.98 bits per heavy atom. The van der Waals surface area contributed by atoms with Gasteiger partial charge >= 0.3 is 0 Å². The number of aliphatic hydroxyl groups excluding tert-OH is 1. The number of rotatable bonds is 14. The molecule has 0 fully saturated rings. The van der Waals surface area contributed by atoms with Gasteiger partial charge < -0.3 is 26.0 Å². The van der Waals surface area contributed by atoms with Gasteiger partial charge in [0.05, 0.1) is 12.1 Å². The van der Waals surface area contributed by atoms with Gasteiger partial charge in [0.15, 0.2) is 0 Å². The second kappa shape index (κ2) is 15.4. The van der Waals surface area contributed by atoms with Crippen LogP contribution >= 0.6 is 0 Å². The second-order valence-corrected chi connectivity index (χ2v) is 10.8. The van der Waals surface area contributed by atoms with E-state index in [9.17, 15) is 29.1 Å². The molecule has 4 N–H and O–H groups in total. The van der Waals surface area contributed by atoms with E-state index in [1.165, 1.54) is 16.4 Å². The van der Waals surface area contributed by atoms with E-state index in [2.05, 4.69) is 16.0 Å². The number of fused-ring (bicyclic) bond motifs is 1. The molecule has 1 aromatic heterocycles. The van der Waals surface area contributed by atoms with Crippen LogP contribution in [0, 0.1) is 0 Å². The van der Waals surface area contributed by atoms with Crippen molar-refractivity contribution in [2.45, 2.75) is 44.4 Å². The number of benzene rings is 3. The highest BCUT2D eigenvalue weighted by atomic mass is 16.3. The topological polar surface area (TPSA) is 150 Å². The quantitative estimate of drug-likeness (QED) is 0.159. The van der Waals surface area contributed by atoms with Gasteiger partial charge in [-0.1, -0.05) is 78.9 Å². The molecule has 0 unspecified atom stereocenters. The van der Waals surface area contributed by atoms with Crippen LogP contribution in [0.4, 0.5) is 0 Å². The predicted octanol–water partition coefficient (Wildman–Crippen LogP) is 1.59. The minimum absolute atomic E-state index is 0.0384. The fourth-order valence-electron chi connectivity index (χ4n) is 5.19. The molecule has 0 spiro atoms. The molecule has 0 aliphatic carbocycles. The number of likely N-dealkylation sites (N-methyl/N-ethyl adjacent to an activating group) is 1. The Morgan fingerprint density at radius 1 is 0.778 bits per heavy atom. The summed E-state index contributed by atoms with van der Waals surface area (Å²) in [6.45, 7) is 0.838. The molecule has 4 amide bonds. The van der Waals surface area contributed by atoms with Crippen LogP contribution in [0.25, 0.3) is 10.9 Å². The molecule has 234 valence electrons. The van der Waals surface area contributed by atoms with Crippen LogP contribution in [-0.4, -0.2) is 76.4 Å². The monoisotopic (exact) mass is 611 g/mol. The van der Waals surface area contributed by atoms with E-state index in [4.69, 9.17) is 0 Å². The average molecular weight is 612 g/mol. The van der Waals surface area contributed by atoms with E-state index in [0.29, 0.717) is 29.4 Å². The van der Waals surface area contributed by atoms with Crippen molar-refractivity contribution in [3.63, 3.8) is 0 Å². The third-order valence-corrected chi connectivity index (χ3v) is 7.41. The zero-order valence-electron chi connectivity index (χ0n) is 25.2. The third kappa shape index (κ3) is 8.64. The van der Waals surface area contributed by atoms with Crippen LogP contribution in [-0.2, 0) is 43.4 Å². The Bertz CT molecular complexity index is 1640. The first-order valence-corrected chi connectivity index (χ1v) is 14.6. The molecular formula is C34H37N5O6. The maximum Gasteiger partial charge on any atom is 0.245 e. The van der Waals surface area contributed by atoms with Crippen LogP contribution < -0.4 is 16.0 Å². The van der Waals surface area contributed by atoms with Gasteiger partial charge in [-0.2, -0.15) is 0 Å². The Labute approximate surface area is 261 Å². The number of nitrogens with zero attached hydrogens (tertiary/aromatic N) is 2. The van der Waals surface area contributed by atoms with Crippen LogP contribution in [0.3, 0.4) is 0 Å². The van der Waals surface area contributed by atoms with Gasteiger partial charge in [0.25, 0.3) is 0 Å². The minimum atomic E-state index is -1.30. The highest BCUT2D eigenvalue weighted by Gasteiger charge is 2.31. The molecule has 4 rings (SSSR count). The number of hydrogen-bond acceptors (Lipinski definition) is 6. The molecule has 3 atom stereocenters. The van der Waals surface area contributed by atoms with Crippen molar-refractivity contribution in [1.82, 2.24) is 25.4 Å². The lowest BCUT2D eigenvalue weighted by molar-refractivity contribution is -0.137. The standard InChI is InChI=1S/C34H37N5O6/c1-23(42)35-30(21-40)33(44)36-28(18-26-20-39(22-41)31-16-10-9-15-27(26)31)32(43)37-29(17-24-11-5-3-6-12-24)34(45)38(2)19-25-13-7-4-8-14-25/h3-16,20,22,28-30,40H,17-19,21H2,1-2H3,(H,35,42)(H,36,44)(H,37,43)/t28-,29+,30+/m1/s1. The molecule has 11 nitrogen and oxygen atoms in total. The molecule has 1 heterocycles. The van der Waals surface area contributed by atoms with Crippen molar-refractivity contribution in [1.29, 1.82) is 0 Å². The predicted molar refractivity (Wildman–Crippen MR) is 169 cm³/mol. The largest absolute Gasteiger partial charge is 0.394 e. The number of nitrogens with one attached hydrogen (secondary N) is 3. The van der Waals surface area contributed by atoms with Gasteiger partial charge in [0.2, 0.25) is 30.0 Å². The number of carbonyl (C=O) groups excluding carboxylic acids is 5. The zero-order valence-corrected chi connectivity index (χ0v) is 25.2. The van der Waals surface area contributed by atoms with Crippen LogP contribution in [0.1, 0.15) is 23.6 Å². The summed E-state index contributed by atoms with van der Waals surface area (Å²) in [6.07, 6.45) is 2.39. The van der Waals surface area contributed by atoms with Crippen LogP contribution in [0.15, 0.2) is 91.1 Å². The Hall–Kier alpha value is -5.29.